The first-order valence-corrected chi connectivity index (χ1v) is 14.7. The quantitative estimate of drug-likeness (QED) is 0.121. The fourth-order valence-electron chi connectivity index (χ4n) is 4.92. The fourth-order valence-corrected chi connectivity index (χ4v) is 4.92. The van der Waals surface area contributed by atoms with Crippen molar-refractivity contribution >= 4 is 39.9 Å². The molecular weight excluding hydrogens is 591 g/mol. The Kier molecular flexibility index (Phi) is 9.94. The van der Waals surface area contributed by atoms with Crippen molar-refractivity contribution in [3.05, 3.63) is 73.2 Å². The first-order valence-electron chi connectivity index (χ1n) is 14.7. The van der Waals surface area contributed by atoms with Crippen molar-refractivity contribution < 1.29 is 23.4 Å². The number of amides is 1. The van der Waals surface area contributed by atoms with Crippen LogP contribution in [0.4, 0.5) is 27.4 Å². The zero-order chi connectivity index (χ0) is 32.8. The zero-order valence-electron chi connectivity index (χ0n) is 26.2. The number of nitrogens with zero attached hydrogens (tertiary/aromatic N) is 5. The van der Waals surface area contributed by atoms with E-state index < -0.39 is 5.82 Å². The summed E-state index contributed by atoms with van der Waals surface area (Å²) in [5.74, 6) is 0.478. The van der Waals surface area contributed by atoms with E-state index in [1.807, 2.05) is 32.1 Å². The molecule has 0 atom stereocenters. The van der Waals surface area contributed by atoms with Crippen molar-refractivity contribution in [1.29, 1.82) is 0 Å². The third kappa shape index (κ3) is 7.16. The van der Waals surface area contributed by atoms with E-state index in [9.17, 15) is 9.90 Å². The molecule has 0 saturated heterocycles. The zero-order valence-corrected chi connectivity index (χ0v) is 26.2. The van der Waals surface area contributed by atoms with E-state index in [4.69, 9.17) is 14.1 Å². The van der Waals surface area contributed by atoms with Crippen molar-refractivity contribution in [1.82, 2.24) is 24.8 Å². The number of aliphatic hydroxyl groups excluding tert-OH is 1. The summed E-state index contributed by atoms with van der Waals surface area (Å²) in [5, 5.41) is 16.1. The van der Waals surface area contributed by atoms with Gasteiger partial charge in [-0.15, -0.1) is 0 Å². The number of H-pyrrole nitrogens is 1. The van der Waals surface area contributed by atoms with Gasteiger partial charge in [-0.1, -0.05) is 6.58 Å². The number of likely N-dealkylation sites (N-methyl/N-ethyl adjacent to an activating group) is 2. The van der Waals surface area contributed by atoms with Crippen LogP contribution in [0.2, 0.25) is 0 Å². The van der Waals surface area contributed by atoms with Crippen molar-refractivity contribution in [3.63, 3.8) is 0 Å². The average Bonchev–Trinajstić information content (AvgIpc) is 3.69. The highest BCUT2D eigenvalue weighted by atomic mass is 19.1. The second-order valence-corrected chi connectivity index (χ2v) is 10.9. The van der Waals surface area contributed by atoms with Gasteiger partial charge in [0.1, 0.15) is 28.7 Å². The number of furan rings is 1. The van der Waals surface area contributed by atoms with Gasteiger partial charge >= 0.3 is 0 Å². The maximum atomic E-state index is 15.4. The fraction of sp³-hybridized carbons (Fsp3) is 0.273. The van der Waals surface area contributed by atoms with Gasteiger partial charge in [-0.3, -0.25) is 4.79 Å². The number of methoxy groups -OCH3 is 1. The molecule has 1 amide bonds. The standard InChI is InChI=1S/C33H37FN8O4/c1-6-30(44)36-24-18-25(28(45-5)19-26(24)42(4)13-12-41(2)3)38-33-35-11-9-23(37-33)32-31(39-29(40-32)8-7-14-43)21-17-27-20(10-15-46-27)16-22(21)34/h6,9-11,15-19,43H,1,7-8,12-14H2,2-5H3,(H,36,44)(H,39,40)(H,35,37,38). The van der Waals surface area contributed by atoms with Gasteiger partial charge in [0.15, 0.2) is 0 Å². The minimum absolute atomic E-state index is 0.0129. The molecule has 0 radical (unpaired) electrons. The number of carbonyl (C=O) groups is 1. The summed E-state index contributed by atoms with van der Waals surface area (Å²) < 4.78 is 26.6. The first kappa shape index (κ1) is 32.1. The normalized spacial score (nSPS) is 11.2. The molecule has 5 aromatic rings. The molecule has 240 valence electrons. The van der Waals surface area contributed by atoms with Crippen molar-refractivity contribution in [2.75, 3.05) is 63.5 Å². The predicted octanol–water partition coefficient (Wildman–Crippen LogP) is 5.22. The maximum Gasteiger partial charge on any atom is 0.247 e. The highest BCUT2D eigenvalue weighted by Gasteiger charge is 2.21. The Morgan fingerprint density at radius 1 is 1.15 bits per heavy atom. The lowest BCUT2D eigenvalue weighted by atomic mass is 10.1. The topological polar surface area (TPSA) is 145 Å². The predicted molar refractivity (Wildman–Crippen MR) is 177 cm³/mol. The molecule has 2 aromatic carbocycles. The Bertz CT molecular complexity index is 1850. The number of imidazole rings is 1. The summed E-state index contributed by atoms with van der Waals surface area (Å²) in [6.07, 6.45) is 5.22. The van der Waals surface area contributed by atoms with Gasteiger partial charge in [-0.25, -0.2) is 19.3 Å². The second-order valence-electron chi connectivity index (χ2n) is 10.9. The largest absolute Gasteiger partial charge is 0.494 e. The molecule has 46 heavy (non-hydrogen) atoms. The Balaban J connectivity index is 1.54. The summed E-state index contributed by atoms with van der Waals surface area (Å²) in [7, 11) is 7.47. The molecule has 0 saturated carbocycles. The molecular formula is C33H37FN8O4. The Labute approximate surface area is 265 Å². The molecule has 0 unspecified atom stereocenters. The van der Waals surface area contributed by atoms with Crippen molar-refractivity contribution in [2.45, 2.75) is 12.8 Å². The van der Waals surface area contributed by atoms with Gasteiger partial charge in [0.2, 0.25) is 11.9 Å². The first-order chi connectivity index (χ1) is 22.2. The number of aromatic amines is 1. The van der Waals surface area contributed by atoms with Crippen molar-refractivity contribution in [2.24, 2.45) is 0 Å². The molecule has 4 N–H and O–H groups in total. The van der Waals surface area contributed by atoms with Gasteiger partial charge in [-0.05, 0) is 56.9 Å². The van der Waals surface area contributed by atoms with Crippen LogP contribution < -0.4 is 20.3 Å². The number of nitrogens with one attached hydrogen (secondary N) is 3. The molecule has 0 aliphatic carbocycles. The third-order valence-electron chi connectivity index (χ3n) is 7.33. The Morgan fingerprint density at radius 3 is 2.72 bits per heavy atom. The van der Waals surface area contributed by atoms with Crippen LogP contribution in [-0.4, -0.2) is 83.8 Å². The molecule has 13 heteroatoms. The lowest BCUT2D eigenvalue weighted by Gasteiger charge is -2.26. The van der Waals surface area contributed by atoms with E-state index in [0.717, 1.165) is 12.2 Å². The molecule has 0 aliphatic heterocycles. The maximum absolute atomic E-state index is 15.4. The van der Waals surface area contributed by atoms with Crippen LogP contribution in [0.5, 0.6) is 5.75 Å². The number of hydrogen-bond donors (Lipinski definition) is 4. The summed E-state index contributed by atoms with van der Waals surface area (Å²) in [5.41, 5.74) is 3.85. The lowest BCUT2D eigenvalue weighted by molar-refractivity contribution is -0.111. The average molecular weight is 629 g/mol. The summed E-state index contributed by atoms with van der Waals surface area (Å²) in [6, 6.07) is 9.98. The number of aliphatic hydroxyl groups is 1. The molecule has 0 spiro atoms. The van der Waals surface area contributed by atoms with Gasteiger partial charge in [-0.2, -0.15) is 0 Å². The Hall–Kier alpha value is -5.27. The number of carbonyl (C=O) groups excluding carboxylic acids is 1. The molecule has 3 heterocycles. The van der Waals surface area contributed by atoms with Crippen LogP contribution in [0, 0.1) is 5.82 Å². The number of halogens is 1. The monoisotopic (exact) mass is 628 g/mol. The molecule has 0 bridgehead atoms. The van der Waals surface area contributed by atoms with E-state index in [0.29, 0.717) is 70.4 Å². The molecule has 5 rings (SSSR count). The number of rotatable bonds is 14. The van der Waals surface area contributed by atoms with E-state index in [1.54, 1.807) is 37.6 Å². The third-order valence-corrected chi connectivity index (χ3v) is 7.33. The number of fused-ring (bicyclic) bond motifs is 1. The van der Waals surface area contributed by atoms with Gasteiger partial charge in [0.05, 0.1) is 41.8 Å². The van der Waals surface area contributed by atoms with Crippen LogP contribution in [0.15, 0.2) is 65.9 Å². The number of ether oxygens (including phenoxy) is 1. The van der Waals surface area contributed by atoms with Crippen LogP contribution in [0.1, 0.15) is 12.2 Å². The van der Waals surface area contributed by atoms with Gasteiger partial charge < -0.3 is 39.7 Å². The minimum Gasteiger partial charge on any atom is -0.494 e. The molecule has 3 aromatic heterocycles. The molecule has 12 nitrogen and oxygen atoms in total. The van der Waals surface area contributed by atoms with E-state index in [1.165, 1.54) is 18.4 Å². The SMILES string of the molecule is C=CC(=O)Nc1cc(Nc2nccc(-c3[nH]c(CCCO)nc3-c3cc4occc4cc3F)n2)c(OC)cc1N(C)CCN(C)C. The van der Waals surface area contributed by atoms with Crippen LogP contribution in [-0.2, 0) is 11.2 Å². The van der Waals surface area contributed by atoms with Crippen LogP contribution >= 0.6 is 0 Å². The lowest BCUT2D eigenvalue weighted by Crippen LogP contribution is -2.29. The van der Waals surface area contributed by atoms with E-state index in [2.05, 4.69) is 37.1 Å². The number of aryl methyl sites for hydroxylation is 1. The summed E-state index contributed by atoms with van der Waals surface area (Å²) in [6.45, 7) is 5.06. The van der Waals surface area contributed by atoms with E-state index >= 15 is 4.39 Å². The van der Waals surface area contributed by atoms with Crippen LogP contribution in [0.3, 0.4) is 0 Å². The smallest absolute Gasteiger partial charge is 0.247 e. The minimum atomic E-state index is -0.461. The molecule has 0 aliphatic rings. The second kappa shape index (κ2) is 14.2. The van der Waals surface area contributed by atoms with Crippen molar-refractivity contribution in [3.8, 4) is 28.4 Å². The number of anilines is 4. The van der Waals surface area contributed by atoms with Gasteiger partial charge in [0, 0.05) is 56.4 Å². The Morgan fingerprint density at radius 2 is 1.98 bits per heavy atom. The number of aromatic nitrogens is 4. The number of hydrogen-bond acceptors (Lipinski definition) is 10. The van der Waals surface area contributed by atoms with Gasteiger partial charge in [0.25, 0.3) is 0 Å². The van der Waals surface area contributed by atoms with Crippen LogP contribution in [0.25, 0.3) is 33.6 Å². The highest BCUT2D eigenvalue weighted by molar-refractivity contribution is 6.02. The number of benzene rings is 2. The van der Waals surface area contributed by atoms with E-state index in [-0.39, 0.29) is 24.0 Å². The summed E-state index contributed by atoms with van der Waals surface area (Å²) >= 11 is 0. The summed E-state index contributed by atoms with van der Waals surface area (Å²) in [4.78, 5) is 33.5. The molecule has 0 fully saturated rings. The highest BCUT2D eigenvalue weighted by Crippen LogP contribution is 2.39.